The fourth-order valence-corrected chi connectivity index (χ4v) is 2.62. The van der Waals surface area contributed by atoms with Gasteiger partial charge in [0, 0.05) is 5.56 Å². The van der Waals surface area contributed by atoms with Gasteiger partial charge >= 0.3 is 0 Å². The molecule has 3 aromatic rings. The van der Waals surface area contributed by atoms with Gasteiger partial charge in [-0.2, -0.15) is 0 Å². The Kier molecular flexibility index (Phi) is 6.33. The van der Waals surface area contributed by atoms with Gasteiger partial charge in [-0.25, -0.2) is 9.37 Å². The van der Waals surface area contributed by atoms with E-state index in [0.717, 1.165) is 0 Å². The van der Waals surface area contributed by atoms with E-state index in [0.29, 0.717) is 28.3 Å². The van der Waals surface area contributed by atoms with Crippen LogP contribution in [-0.2, 0) is 0 Å². The molecule has 3 rings (SSSR count). The predicted octanol–water partition coefficient (Wildman–Crippen LogP) is 2.73. The summed E-state index contributed by atoms with van der Waals surface area (Å²) in [7, 11) is 0. The number of hydrogen-bond donors (Lipinski definition) is 4. The Balaban J connectivity index is 1.88. The molecule has 0 aliphatic rings. The van der Waals surface area contributed by atoms with Crippen molar-refractivity contribution in [2.24, 2.45) is 0 Å². The van der Waals surface area contributed by atoms with Gasteiger partial charge in [-0.3, -0.25) is 0 Å². The molecule has 2 aromatic carbocycles. The molecule has 1 heterocycles. The molecule has 1 unspecified atom stereocenters. The predicted molar refractivity (Wildman–Crippen MR) is 100 cm³/mol. The first-order chi connectivity index (χ1) is 13.5. The minimum atomic E-state index is -1.20. The maximum atomic E-state index is 13.0. The van der Waals surface area contributed by atoms with Gasteiger partial charge < -0.3 is 25.2 Å². The maximum Gasteiger partial charge on any atom is 0.127 e. The van der Waals surface area contributed by atoms with Crippen LogP contribution in [0.1, 0.15) is 23.5 Å². The molecule has 1 aromatic heterocycles. The summed E-state index contributed by atoms with van der Waals surface area (Å²) >= 11 is 0. The molecule has 6 nitrogen and oxygen atoms in total. The summed E-state index contributed by atoms with van der Waals surface area (Å²) in [5, 5.41) is 38.2. The third-order valence-electron chi connectivity index (χ3n) is 4.14. The number of hydrogen-bond acceptors (Lipinski definition) is 6. The summed E-state index contributed by atoms with van der Waals surface area (Å²) in [4.78, 5) is 4.33. The topological polar surface area (TPSA) is 103 Å². The average Bonchev–Trinajstić information content (AvgIpc) is 2.74. The van der Waals surface area contributed by atoms with Gasteiger partial charge in [-0.05, 0) is 66.2 Å². The van der Waals surface area contributed by atoms with E-state index in [2.05, 4.69) is 4.98 Å². The highest BCUT2D eigenvalue weighted by molar-refractivity contribution is 5.61. The largest absolute Gasteiger partial charge is 0.457 e. The van der Waals surface area contributed by atoms with Crippen molar-refractivity contribution in [1.82, 2.24) is 4.98 Å². The molecule has 0 amide bonds. The molecule has 28 heavy (non-hydrogen) atoms. The van der Waals surface area contributed by atoms with Crippen LogP contribution in [0.5, 0.6) is 11.5 Å². The zero-order chi connectivity index (χ0) is 20.1. The lowest BCUT2D eigenvalue weighted by atomic mass is 10.0. The first kappa shape index (κ1) is 19.9. The van der Waals surface area contributed by atoms with E-state index in [1.165, 1.54) is 30.3 Å². The van der Waals surface area contributed by atoms with Gasteiger partial charge in [-0.1, -0.05) is 0 Å². The van der Waals surface area contributed by atoms with E-state index < -0.39 is 25.4 Å². The van der Waals surface area contributed by atoms with Gasteiger partial charge in [-0.15, -0.1) is 0 Å². The molecule has 0 spiro atoms. The van der Waals surface area contributed by atoms with Gasteiger partial charge in [0.25, 0.3) is 0 Å². The third kappa shape index (κ3) is 4.71. The van der Waals surface area contributed by atoms with E-state index in [-0.39, 0.29) is 11.5 Å². The number of pyridine rings is 1. The van der Waals surface area contributed by atoms with Crippen molar-refractivity contribution in [2.45, 2.75) is 12.2 Å². The minimum Gasteiger partial charge on any atom is -0.457 e. The molecule has 7 heteroatoms. The highest BCUT2D eigenvalue weighted by atomic mass is 19.1. The number of ether oxygens (including phenoxy) is 1. The van der Waals surface area contributed by atoms with Crippen LogP contribution in [-0.4, -0.2) is 38.6 Å². The number of nitrogens with zero attached hydrogens (tertiary/aromatic N) is 1. The lowest BCUT2D eigenvalue weighted by molar-refractivity contribution is 0.0882. The Labute approximate surface area is 161 Å². The van der Waals surface area contributed by atoms with E-state index in [1.54, 1.807) is 30.3 Å². The molecular weight excluding hydrogens is 365 g/mol. The van der Waals surface area contributed by atoms with Crippen LogP contribution in [0.25, 0.3) is 11.3 Å². The van der Waals surface area contributed by atoms with Crippen LogP contribution in [0.15, 0.2) is 60.7 Å². The normalized spacial score (nSPS) is 13.2. The van der Waals surface area contributed by atoms with Gasteiger partial charge in [0.1, 0.15) is 29.5 Å². The first-order valence-electron chi connectivity index (χ1n) is 8.63. The van der Waals surface area contributed by atoms with Crippen LogP contribution >= 0.6 is 0 Å². The second-order valence-corrected chi connectivity index (χ2v) is 6.19. The van der Waals surface area contributed by atoms with Crippen molar-refractivity contribution in [3.63, 3.8) is 0 Å². The second kappa shape index (κ2) is 8.90. The Morgan fingerprint density at radius 2 is 1.39 bits per heavy atom. The number of aliphatic hydroxyl groups is 4. The Morgan fingerprint density at radius 1 is 0.821 bits per heavy atom. The summed E-state index contributed by atoms with van der Waals surface area (Å²) in [6.07, 6.45) is -2.34. The van der Waals surface area contributed by atoms with Gasteiger partial charge in [0.05, 0.1) is 24.6 Å². The Bertz CT molecular complexity index is 887. The van der Waals surface area contributed by atoms with E-state index >= 15 is 0 Å². The number of aliphatic hydroxyl groups excluding tert-OH is 4. The van der Waals surface area contributed by atoms with Crippen molar-refractivity contribution in [1.29, 1.82) is 0 Å². The van der Waals surface area contributed by atoms with Crippen molar-refractivity contribution < 1.29 is 29.6 Å². The van der Waals surface area contributed by atoms with Crippen LogP contribution < -0.4 is 4.74 Å². The number of rotatable bonds is 7. The highest BCUT2D eigenvalue weighted by Gasteiger charge is 2.15. The van der Waals surface area contributed by atoms with Crippen LogP contribution in [0.4, 0.5) is 4.39 Å². The lowest BCUT2D eigenvalue weighted by Gasteiger charge is -2.15. The van der Waals surface area contributed by atoms with Crippen molar-refractivity contribution in [3.05, 3.63) is 77.7 Å². The summed E-state index contributed by atoms with van der Waals surface area (Å²) in [5.41, 5.74) is 1.71. The smallest absolute Gasteiger partial charge is 0.127 e. The summed E-state index contributed by atoms with van der Waals surface area (Å²) in [6, 6.07) is 15.6. The van der Waals surface area contributed by atoms with E-state index in [9.17, 15) is 24.8 Å². The molecule has 2 atom stereocenters. The average molecular weight is 385 g/mol. The summed E-state index contributed by atoms with van der Waals surface area (Å²) in [5.74, 6) is 0.686. The first-order valence-corrected chi connectivity index (χ1v) is 8.63. The monoisotopic (exact) mass is 385 g/mol. The molecule has 146 valence electrons. The SMILES string of the molecule is OCC(O)c1cc([C@@H](O)CO)cc(-c2ccc(Oc3ccc(F)cc3)cc2)n1. The van der Waals surface area contributed by atoms with E-state index in [1.807, 2.05) is 0 Å². The van der Waals surface area contributed by atoms with Crippen LogP contribution in [0, 0.1) is 5.82 Å². The molecule has 0 bridgehead atoms. The second-order valence-electron chi connectivity index (χ2n) is 6.19. The fourth-order valence-electron chi connectivity index (χ4n) is 2.62. The molecule has 0 saturated carbocycles. The number of halogens is 1. The molecule has 0 saturated heterocycles. The Morgan fingerprint density at radius 3 is 1.96 bits per heavy atom. The minimum absolute atomic E-state index is 0.189. The van der Waals surface area contributed by atoms with E-state index in [4.69, 9.17) is 4.74 Å². The molecule has 0 radical (unpaired) electrons. The number of benzene rings is 2. The maximum absolute atomic E-state index is 13.0. The zero-order valence-electron chi connectivity index (χ0n) is 14.9. The van der Waals surface area contributed by atoms with Gasteiger partial charge in [0.15, 0.2) is 0 Å². The number of aromatic nitrogens is 1. The van der Waals surface area contributed by atoms with Crippen molar-refractivity contribution >= 4 is 0 Å². The quantitative estimate of drug-likeness (QED) is 0.499. The lowest BCUT2D eigenvalue weighted by Crippen LogP contribution is -2.10. The van der Waals surface area contributed by atoms with Crippen molar-refractivity contribution in [3.8, 4) is 22.8 Å². The van der Waals surface area contributed by atoms with Crippen molar-refractivity contribution in [2.75, 3.05) is 13.2 Å². The summed E-state index contributed by atoms with van der Waals surface area (Å²) < 4.78 is 18.6. The molecule has 0 fully saturated rings. The highest BCUT2D eigenvalue weighted by Crippen LogP contribution is 2.28. The van der Waals surface area contributed by atoms with Crippen LogP contribution in [0.2, 0.25) is 0 Å². The molecular formula is C21H20FNO5. The fraction of sp³-hybridized carbons (Fsp3) is 0.190. The molecule has 0 aliphatic heterocycles. The summed E-state index contributed by atoms with van der Waals surface area (Å²) in [6.45, 7) is -1.00. The molecule has 0 aliphatic carbocycles. The molecule has 4 N–H and O–H groups in total. The zero-order valence-corrected chi connectivity index (χ0v) is 14.9. The Hall–Kier alpha value is -2.84. The van der Waals surface area contributed by atoms with Gasteiger partial charge in [0.2, 0.25) is 0 Å². The standard InChI is InChI=1S/C21H20FNO5/c22-15-3-7-17(8-4-15)28-16-5-1-13(2-6-16)18-9-14(20(26)11-24)10-19(23-18)21(27)12-25/h1-10,20-21,24-27H,11-12H2/t20-,21?/m0/s1. The van der Waals surface area contributed by atoms with Crippen LogP contribution in [0.3, 0.4) is 0 Å². The third-order valence-corrected chi connectivity index (χ3v) is 4.14.